The molecular formula is C7H4BrN3O. The highest BCUT2D eigenvalue weighted by molar-refractivity contribution is 9.10. The molecule has 0 radical (unpaired) electrons. The van der Waals surface area contributed by atoms with Crippen LogP contribution in [0.2, 0.25) is 0 Å². The molecule has 0 N–H and O–H groups in total. The molecule has 12 heavy (non-hydrogen) atoms. The van der Waals surface area contributed by atoms with Gasteiger partial charge in [-0.25, -0.2) is 9.97 Å². The Morgan fingerprint density at radius 3 is 2.92 bits per heavy atom. The van der Waals surface area contributed by atoms with Crippen LogP contribution < -0.4 is 0 Å². The van der Waals surface area contributed by atoms with Crippen LogP contribution in [0.4, 0.5) is 0 Å². The SMILES string of the molecule is Brc1ncnc(-c2ccco2)n1. The van der Waals surface area contributed by atoms with Gasteiger partial charge in [0.25, 0.3) is 0 Å². The summed E-state index contributed by atoms with van der Waals surface area (Å²) in [6.07, 6.45) is 3.00. The molecule has 0 saturated heterocycles. The van der Waals surface area contributed by atoms with Gasteiger partial charge in [-0.2, -0.15) is 4.98 Å². The second kappa shape index (κ2) is 3.02. The lowest BCUT2D eigenvalue weighted by Gasteiger charge is -1.92. The number of furan rings is 1. The summed E-state index contributed by atoms with van der Waals surface area (Å²) in [4.78, 5) is 11.8. The molecule has 0 aliphatic carbocycles. The maximum absolute atomic E-state index is 5.10. The Morgan fingerprint density at radius 2 is 2.25 bits per heavy atom. The van der Waals surface area contributed by atoms with Crippen molar-refractivity contribution in [3.05, 3.63) is 29.5 Å². The third-order valence-electron chi connectivity index (χ3n) is 1.28. The molecule has 2 heterocycles. The second-order valence-electron chi connectivity index (χ2n) is 2.06. The summed E-state index contributed by atoms with van der Waals surface area (Å²) in [6, 6.07) is 3.58. The Morgan fingerprint density at radius 1 is 1.33 bits per heavy atom. The monoisotopic (exact) mass is 225 g/mol. The second-order valence-corrected chi connectivity index (χ2v) is 2.76. The standard InChI is InChI=1S/C7H4BrN3O/c8-7-10-4-9-6(11-7)5-2-1-3-12-5/h1-4H. The summed E-state index contributed by atoms with van der Waals surface area (Å²) in [5.41, 5.74) is 0. The van der Waals surface area contributed by atoms with E-state index >= 15 is 0 Å². The molecule has 0 spiro atoms. The lowest BCUT2D eigenvalue weighted by molar-refractivity contribution is 0.576. The summed E-state index contributed by atoms with van der Waals surface area (Å²) >= 11 is 3.14. The molecule has 0 unspecified atom stereocenters. The van der Waals surface area contributed by atoms with Crippen molar-refractivity contribution in [1.82, 2.24) is 15.0 Å². The average Bonchev–Trinajstić information content (AvgIpc) is 2.56. The van der Waals surface area contributed by atoms with Gasteiger partial charge in [0.05, 0.1) is 6.26 Å². The van der Waals surface area contributed by atoms with E-state index in [9.17, 15) is 0 Å². The summed E-state index contributed by atoms with van der Waals surface area (Å²) in [5.74, 6) is 1.17. The van der Waals surface area contributed by atoms with Crippen LogP contribution in [-0.2, 0) is 0 Å². The third kappa shape index (κ3) is 1.35. The fraction of sp³-hybridized carbons (Fsp3) is 0. The van der Waals surface area contributed by atoms with Gasteiger partial charge in [0.2, 0.25) is 0 Å². The fourth-order valence-corrected chi connectivity index (χ4v) is 1.06. The minimum absolute atomic E-state index is 0.504. The Labute approximate surface area is 76.8 Å². The lowest BCUT2D eigenvalue weighted by atomic mass is 10.4. The Bertz CT molecular complexity index is 374. The van der Waals surface area contributed by atoms with E-state index in [0.29, 0.717) is 16.3 Å². The summed E-state index contributed by atoms with van der Waals surface area (Å²) < 4.78 is 5.60. The molecule has 0 atom stereocenters. The van der Waals surface area contributed by atoms with Gasteiger partial charge in [-0.3, -0.25) is 0 Å². The minimum Gasteiger partial charge on any atom is -0.461 e. The highest BCUT2D eigenvalue weighted by Crippen LogP contribution is 2.14. The molecule has 2 aromatic heterocycles. The van der Waals surface area contributed by atoms with Crippen LogP contribution in [-0.4, -0.2) is 15.0 Å². The van der Waals surface area contributed by atoms with Crippen molar-refractivity contribution in [2.45, 2.75) is 0 Å². The van der Waals surface area contributed by atoms with Crippen molar-refractivity contribution in [3.8, 4) is 11.6 Å². The van der Waals surface area contributed by atoms with Crippen LogP contribution in [0.5, 0.6) is 0 Å². The van der Waals surface area contributed by atoms with Gasteiger partial charge in [-0.05, 0) is 28.1 Å². The molecule has 0 aromatic carbocycles. The van der Waals surface area contributed by atoms with Gasteiger partial charge in [0, 0.05) is 0 Å². The van der Waals surface area contributed by atoms with E-state index in [4.69, 9.17) is 4.42 Å². The molecule has 5 heteroatoms. The Balaban J connectivity index is 2.48. The molecule has 2 aromatic rings. The van der Waals surface area contributed by atoms with E-state index in [-0.39, 0.29) is 0 Å². The number of rotatable bonds is 1. The first-order chi connectivity index (χ1) is 5.86. The smallest absolute Gasteiger partial charge is 0.200 e. The largest absolute Gasteiger partial charge is 0.461 e. The quantitative estimate of drug-likeness (QED) is 0.744. The van der Waals surface area contributed by atoms with Crippen LogP contribution in [0.15, 0.2) is 33.9 Å². The van der Waals surface area contributed by atoms with E-state index in [1.807, 2.05) is 0 Å². The molecule has 0 bridgehead atoms. The molecule has 0 aliphatic rings. The van der Waals surface area contributed by atoms with Gasteiger partial charge in [-0.15, -0.1) is 0 Å². The number of hydrogen-bond acceptors (Lipinski definition) is 4. The van der Waals surface area contributed by atoms with Crippen LogP contribution in [0.25, 0.3) is 11.6 Å². The summed E-state index contributed by atoms with van der Waals surface area (Å²) in [6.45, 7) is 0. The fourth-order valence-electron chi connectivity index (χ4n) is 0.801. The van der Waals surface area contributed by atoms with E-state index in [1.165, 1.54) is 6.33 Å². The van der Waals surface area contributed by atoms with Crippen LogP contribution in [0, 0.1) is 0 Å². The summed E-state index contributed by atoms with van der Waals surface area (Å²) in [7, 11) is 0. The van der Waals surface area contributed by atoms with Crippen molar-refractivity contribution >= 4 is 15.9 Å². The van der Waals surface area contributed by atoms with Crippen molar-refractivity contribution in [2.24, 2.45) is 0 Å². The first kappa shape index (κ1) is 7.42. The molecule has 4 nitrogen and oxygen atoms in total. The van der Waals surface area contributed by atoms with Crippen LogP contribution in [0.3, 0.4) is 0 Å². The predicted molar refractivity (Wildman–Crippen MR) is 45.2 cm³/mol. The van der Waals surface area contributed by atoms with Crippen LogP contribution in [0.1, 0.15) is 0 Å². The number of hydrogen-bond donors (Lipinski definition) is 0. The third-order valence-corrected chi connectivity index (χ3v) is 1.67. The first-order valence-corrected chi connectivity index (χ1v) is 4.04. The topological polar surface area (TPSA) is 51.8 Å². The maximum Gasteiger partial charge on any atom is 0.200 e. The van der Waals surface area contributed by atoms with E-state index in [0.717, 1.165) is 0 Å². The zero-order valence-corrected chi connectivity index (χ0v) is 7.52. The minimum atomic E-state index is 0.504. The van der Waals surface area contributed by atoms with Crippen molar-refractivity contribution in [2.75, 3.05) is 0 Å². The van der Waals surface area contributed by atoms with Crippen molar-refractivity contribution < 1.29 is 4.42 Å². The highest BCUT2D eigenvalue weighted by atomic mass is 79.9. The van der Waals surface area contributed by atoms with E-state index < -0.39 is 0 Å². The molecular weight excluding hydrogens is 222 g/mol. The van der Waals surface area contributed by atoms with Crippen LogP contribution >= 0.6 is 15.9 Å². The van der Waals surface area contributed by atoms with Gasteiger partial charge >= 0.3 is 0 Å². The first-order valence-electron chi connectivity index (χ1n) is 3.24. The zero-order valence-electron chi connectivity index (χ0n) is 5.94. The normalized spacial score (nSPS) is 10.1. The van der Waals surface area contributed by atoms with Gasteiger partial charge in [0.1, 0.15) is 6.33 Å². The van der Waals surface area contributed by atoms with Gasteiger partial charge in [-0.1, -0.05) is 0 Å². The molecule has 0 aliphatic heterocycles. The van der Waals surface area contributed by atoms with E-state index in [1.54, 1.807) is 18.4 Å². The molecule has 0 fully saturated rings. The van der Waals surface area contributed by atoms with Crippen molar-refractivity contribution in [1.29, 1.82) is 0 Å². The molecule has 60 valence electrons. The summed E-state index contributed by atoms with van der Waals surface area (Å²) in [5, 5.41) is 0. The average molecular weight is 226 g/mol. The van der Waals surface area contributed by atoms with Gasteiger partial charge < -0.3 is 4.42 Å². The van der Waals surface area contributed by atoms with Crippen molar-refractivity contribution in [3.63, 3.8) is 0 Å². The molecule has 0 amide bonds. The molecule has 2 rings (SSSR count). The number of halogens is 1. The molecule has 0 saturated carbocycles. The number of aromatic nitrogens is 3. The lowest BCUT2D eigenvalue weighted by Crippen LogP contribution is -1.89. The number of nitrogens with zero attached hydrogens (tertiary/aromatic N) is 3. The van der Waals surface area contributed by atoms with Gasteiger partial charge in [0.15, 0.2) is 16.3 Å². The maximum atomic E-state index is 5.10. The Kier molecular flexibility index (Phi) is 1.87. The zero-order chi connectivity index (χ0) is 8.39. The Hall–Kier alpha value is -1.23. The predicted octanol–water partition coefficient (Wildman–Crippen LogP) is 1.89. The highest BCUT2D eigenvalue weighted by Gasteiger charge is 2.03. The van der Waals surface area contributed by atoms with E-state index in [2.05, 4.69) is 30.9 Å².